The Balaban J connectivity index is 1.93. The maximum absolute atomic E-state index is 12.1. The minimum absolute atomic E-state index is 0.0654. The molecule has 21 heavy (non-hydrogen) atoms. The van der Waals surface area contributed by atoms with Gasteiger partial charge in [0.2, 0.25) is 5.91 Å². The van der Waals surface area contributed by atoms with Crippen molar-refractivity contribution >= 4 is 22.9 Å². The minimum atomic E-state index is -0.395. The lowest BCUT2D eigenvalue weighted by atomic mass is 10.4. The van der Waals surface area contributed by atoms with Crippen LogP contribution < -0.4 is 5.32 Å². The van der Waals surface area contributed by atoms with E-state index in [1.165, 1.54) is 0 Å². The molecule has 0 radical (unpaired) electrons. The first-order chi connectivity index (χ1) is 10.1. The van der Waals surface area contributed by atoms with Gasteiger partial charge in [0.15, 0.2) is 0 Å². The monoisotopic (exact) mass is 289 g/mol. The largest absolute Gasteiger partial charge is 0.461 e. The molecule has 1 aliphatic carbocycles. The molecule has 1 fully saturated rings. The van der Waals surface area contributed by atoms with E-state index in [-0.39, 0.29) is 12.5 Å². The van der Waals surface area contributed by atoms with Crippen LogP contribution in [0.25, 0.3) is 11.0 Å². The van der Waals surface area contributed by atoms with Crippen molar-refractivity contribution in [3.8, 4) is 0 Å². The van der Waals surface area contributed by atoms with Crippen molar-refractivity contribution < 1.29 is 14.3 Å². The topological polar surface area (TPSA) is 65.3 Å². The Morgan fingerprint density at radius 2 is 2.14 bits per heavy atom. The zero-order valence-corrected chi connectivity index (χ0v) is 12.3. The number of hydrogen-bond acceptors (Lipinski definition) is 3. The Hall–Kier alpha value is -2.24. The van der Waals surface area contributed by atoms with Gasteiger partial charge in [-0.15, -0.1) is 0 Å². The van der Waals surface area contributed by atoms with Crippen LogP contribution in [-0.4, -0.2) is 33.7 Å². The third-order valence-corrected chi connectivity index (χ3v) is 3.68. The smallest absolute Gasteiger partial charge is 0.355 e. The van der Waals surface area contributed by atoms with Crippen molar-refractivity contribution in [3.63, 3.8) is 0 Å². The van der Waals surface area contributed by atoms with Crippen molar-refractivity contribution in [2.24, 2.45) is 7.05 Å². The van der Waals surface area contributed by atoms with Gasteiger partial charge in [0.25, 0.3) is 0 Å². The van der Waals surface area contributed by atoms with Crippen LogP contribution in [0, 0.1) is 0 Å². The molecule has 2 aromatic rings. The fourth-order valence-corrected chi connectivity index (χ4v) is 2.46. The van der Waals surface area contributed by atoms with E-state index in [4.69, 9.17) is 4.74 Å². The molecule has 0 saturated heterocycles. The van der Waals surface area contributed by atoms with E-state index in [9.17, 15) is 9.59 Å². The molecular formula is C15H19N3O3. The average Bonchev–Trinajstić information content (AvgIpc) is 3.06. The van der Waals surface area contributed by atoms with Crippen LogP contribution >= 0.6 is 0 Å². The fraction of sp³-hybridized carbons (Fsp3) is 0.467. The van der Waals surface area contributed by atoms with Crippen molar-refractivity contribution in [2.45, 2.75) is 32.4 Å². The molecule has 1 amide bonds. The molecule has 1 saturated carbocycles. The number of aryl methyl sites for hydroxylation is 1. The van der Waals surface area contributed by atoms with E-state index in [1.54, 1.807) is 17.6 Å². The van der Waals surface area contributed by atoms with Crippen LogP contribution in [0.1, 0.15) is 30.3 Å². The molecule has 3 rings (SSSR count). The predicted molar refractivity (Wildman–Crippen MR) is 78.0 cm³/mol. The summed E-state index contributed by atoms with van der Waals surface area (Å²) in [6.07, 6.45) is 4.00. The lowest BCUT2D eigenvalue weighted by Gasteiger charge is -2.09. The highest BCUT2D eigenvalue weighted by Gasteiger charge is 2.25. The maximum atomic E-state index is 12.1. The number of rotatable bonds is 5. The maximum Gasteiger partial charge on any atom is 0.355 e. The van der Waals surface area contributed by atoms with Gasteiger partial charge in [-0.25, -0.2) is 4.79 Å². The summed E-state index contributed by atoms with van der Waals surface area (Å²) in [6, 6.07) is 3.99. The summed E-state index contributed by atoms with van der Waals surface area (Å²) in [7, 11) is 1.91. The number of ether oxygens (including phenoxy) is 1. The van der Waals surface area contributed by atoms with Crippen LogP contribution in [0.3, 0.4) is 0 Å². The second-order valence-electron chi connectivity index (χ2n) is 5.38. The van der Waals surface area contributed by atoms with Gasteiger partial charge in [0.05, 0.1) is 17.6 Å². The van der Waals surface area contributed by atoms with Gasteiger partial charge in [-0.1, -0.05) is 0 Å². The average molecular weight is 289 g/mol. The number of nitrogens with one attached hydrogen (secondary N) is 1. The number of carbonyl (C=O) groups excluding carboxylic acids is 2. The highest BCUT2D eigenvalue weighted by Crippen LogP contribution is 2.22. The first-order valence-electron chi connectivity index (χ1n) is 7.21. The number of carbonyl (C=O) groups is 2. The first kappa shape index (κ1) is 13.7. The molecule has 6 heteroatoms. The molecule has 0 aromatic carbocycles. The fourth-order valence-electron chi connectivity index (χ4n) is 2.46. The van der Waals surface area contributed by atoms with Gasteiger partial charge in [-0.2, -0.15) is 0 Å². The van der Waals surface area contributed by atoms with Crippen molar-refractivity contribution in [1.29, 1.82) is 0 Å². The number of nitrogens with zero attached hydrogens (tertiary/aromatic N) is 2. The van der Waals surface area contributed by atoms with E-state index >= 15 is 0 Å². The Bertz CT molecular complexity index is 694. The normalized spacial score (nSPS) is 14.4. The van der Waals surface area contributed by atoms with Crippen LogP contribution in [0.15, 0.2) is 18.3 Å². The molecule has 6 nitrogen and oxygen atoms in total. The summed E-state index contributed by atoms with van der Waals surface area (Å²) in [6.45, 7) is 2.22. The second kappa shape index (κ2) is 5.27. The molecule has 0 atom stereocenters. The molecule has 0 aliphatic heterocycles. The number of amides is 1. The number of aromatic nitrogens is 2. The van der Waals surface area contributed by atoms with Gasteiger partial charge in [0.1, 0.15) is 12.2 Å². The third kappa shape index (κ3) is 2.66. The quantitative estimate of drug-likeness (QED) is 0.847. The van der Waals surface area contributed by atoms with Gasteiger partial charge < -0.3 is 19.2 Å². The zero-order chi connectivity index (χ0) is 15.0. The number of hydrogen-bond donors (Lipinski definition) is 1. The summed E-state index contributed by atoms with van der Waals surface area (Å²) in [4.78, 5) is 24.1. The Kier molecular flexibility index (Phi) is 3.45. The van der Waals surface area contributed by atoms with E-state index in [2.05, 4.69) is 5.32 Å². The Morgan fingerprint density at radius 1 is 1.38 bits per heavy atom. The minimum Gasteiger partial charge on any atom is -0.461 e. The van der Waals surface area contributed by atoms with Gasteiger partial charge in [0, 0.05) is 19.3 Å². The Morgan fingerprint density at radius 3 is 2.81 bits per heavy atom. The summed E-state index contributed by atoms with van der Waals surface area (Å²) in [5.41, 5.74) is 2.20. The summed E-state index contributed by atoms with van der Waals surface area (Å²) >= 11 is 0. The summed E-state index contributed by atoms with van der Waals surface area (Å²) in [5, 5.41) is 2.94. The molecule has 1 N–H and O–H groups in total. The van der Waals surface area contributed by atoms with Crippen molar-refractivity contribution in [1.82, 2.24) is 14.5 Å². The van der Waals surface area contributed by atoms with Crippen LogP contribution in [-0.2, 0) is 23.1 Å². The van der Waals surface area contributed by atoms with E-state index < -0.39 is 5.97 Å². The zero-order valence-electron chi connectivity index (χ0n) is 12.3. The number of esters is 1. The lowest BCUT2D eigenvalue weighted by Crippen LogP contribution is -2.30. The highest BCUT2D eigenvalue weighted by atomic mass is 16.5. The molecule has 2 aromatic heterocycles. The molecule has 2 heterocycles. The molecule has 1 aliphatic rings. The standard InChI is InChI=1S/C15H19N3O3/c1-3-21-15(20)13-8-12-11(6-7-17(12)2)18(13)9-14(19)16-10-4-5-10/h6-8,10H,3-5,9H2,1-2H3,(H,16,19). The molecular weight excluding hydrogens is 270 g/mol. The highest BCUT2D eigenvalue weighted by molar-refractivity contribution is 5.96. The number of fused-ring (bicyclic) bond motifs is 1. The first-order valence-corrected chi connectivity index (χ1v) is 7.21. The van der Waals surface area contributed by atoms with E-state index in [1.807, 2.05) is 23.9 Å². The predicted octanol–water partition coefficient (Wildman–Crippen LogP) is 1.44. The molecule has 112 valence electrons. The Labute approximate surface area is 122 Å². The van der Waals surface area contributed by atoms with Crippen LogP contribution in [0.2, 0.25) is 0 Å². The summed E-state index contributed by atoms with van der Waals surface area (Å²) < 4.78 is 8.73. The van der Waals surface area contributed by atoms with Gasteiger partial charge >= 0.3 is 5.97 Å². The summed E-state index contributed by atoms with van der Waals surface area (Å²) in [5.74, 6) is -0.461. The molecule has 0 unspecified atom stereocenters. The van der Waals surface area contributed by atoms with E-state index in [0.29, 0.717) is 18.3 Å². The van der Waals surface area contributed by atoms with Crippen molar-refractivity contribution in [3.05, 3.63) is 24.0 Å². The van der Waals surface area contributed by atoms with Gasteiger partial charge in [-0.3, -0.25) is 4.79 Å². The molecule has 0 bridgehead atoms. The van der Waals surface area contributed by atoms with Crippen LogP contribution in [0.4, 0.5) is 0 Å². The SMILES string of the molecule is CCOC(=O)c1cc2c(ccn2C)n1CC(=O)NC1CC1. The lowest BCUT2D eigenvalue weighted by molar-refractivity contribution is -0.121. The van der Waals surface area contributed by atoms with Gasteiger partial charge in [-0.05, 0) is 31.9 Å². The second-order valence-corrected chi connectivity index (χ2v) is 5.38. The third-order valence-electron chi connectivity index (χ3n) is 3.68. The van der Waals surface area contributed by atoms with Crippen molar-refractivity contribution in [2.75, 3.05) is 6.61 Å². The van der Waals surface area contributed by atoms with Crippen LogP contribution in [0.5, 0.6) is 0 Å². The van der Waals surface area contributed by atoms with E-state index in [0.717, 1.165) is 23.9 Å². The molecule has 0 spiro atoms.